The molecule has 0 radical (unpaired) electrons. The van der Waals surface area contributed by atoms with Crippen LogP contribution in [0.15, 0.2) is 23.0 Å². The summed E-state index contributed by atoms with van der Waals surface area (Å²) in [5, 5.41) is 5.93. The molecule has 5 rings (SSSR count). The Balaban J connectivity index is 1.22. The summed E-state index contributed by atoms with van der Waals surface area (Å²) in [5.74, 6) is -1.22. The number of imide groups is 1. The Morgan fingerprint density at radius 2 is 1.73 bits per heavy atom. The summed E-state index contributed by atoms with van der Waals surface area (Å²) >= 11 is 0. The first kappa shape index (κ1) is 27.9. The summed E-state index contributed by atoms with van der Waals surface area (Å²) in [5.41, 5.74) is 1.32. The lowest BCUT2D eigenvalue weighted by molar-refractivity contribution is -0.159. The fraction of sp³-hybridized carbons (Fsp3) is 0.621. The van der Waals surface area contributed by atoms with Crippen LogP contribution in [0.4, 0.5) is 5.69 Å². The zero-order valence-electron chi connectivity index (χ0n) is 23.7. The molecule has 1 saturated carbocycles. The standard InChI is InChI=1S/C29H39N5O6/c1-29(2,3)40-27(38)18-14-15-33(16-18)26(37)17-8-10-19(11-9-17)30-20-6-5-7-21-24(20)32(4)28(39)34(21)22-12-13-23(35)31-25(22)36/h5-7,17-19,22,30H,8-16H2,1-4H3,(H,31,35,36)/t17-,18-,19-,22?/m1/s1. The van der Waals surface area contributed by atoms with E-state index in [4.69, 9.17) is 4.74 Å². The topological polar surface area (TPSA) is 132 Å². The number of ether oxygens (including phenoxy) is 1. The lowest BCUT2D eigenvalue weighted by Crippen LogP contribution is -2.44. The molecule has 11 nitrogen and oxygen atoms in total. The SMILES string of the molecule is Cn1c(=O)n(C2CCC(=O)NC2=O)c2cccc(N[C@H]3CC[C@H](C(=O)N4CC[C@@H](C(=O)OC(C)(C)C)C4)CC3)c21. The Hall–Kier alpha value is -3.63. The summed E-state index contributed by atoms with van der Waals surface area (Å²) in [6.45, 7) is 6.56. The Morgan fingerprint density at radius 1 is 1.00 bits per heavy atom. The van der Waals surface area contributed by atoms with Gasteiger partial charge in [0.1, 0.15) is 11.6 Å². The van der Waals surface area contributed by atoms with Crippen LogP contribution in [0, 0.1) is 11.8 Å². The number of aromatic nitrogens is 2. The zero-order valence-corrected chi connectivity index (χ0v) is 23.7. The van der Waals surface area contributed by atoms with Crippen LogP contribution in [0.3, 0.4) is 0 Å². The van der Waals surface area contributed by atoms with E-state index in [0.717, 1.165) is 31.4 Å². The van der Waals surface area contributed by atoms with E-state index < -0.39 is 17.6 Å². The van der Waals surface area contributed by atoms with Crippen molar-refractivity contribution in [1.82, 2.24) is 19.4 Å². The molecule has 3 aliphatic rings. The Labute approximate surface area is 233 Å². The number of esters is 1. The van der Waals surface area contributed by atoms with Crippen LogP contribution in [0.2, 0.25) is 0 Å². The highest BCUT2D eigenvalue weighted by atomic mass is 16.6. The van der Waals surface area contributed by atoms with E-state index in [1.807, 2.05) is 43.9 Å². The maximum Gasteiger partial charge on any atom is 0.329 e. The molecule has 2 atom stereocenters. The Kier molecular flexibility index (Phi) is 7.50. The van der Waals surface area contributed by atoms with Crippen LogP contribution >= 0.6 is 0 Å². The number of anilines is 1. The largest absolute Gasteiger partial charge is 0.460 e. The van der Waals surface area contributed by atoms with Gasteiger partial charge in [-0.05, 0) is 71.4 Å². The minimum Gasteiger partial charge on any atom is -0.460 e. The molecule has 3 amide bonds. The number of para-hydroxylation sites is 1. The van der Waals surface area contributed by atoms with Crippen LogP contribution < -0.4 is 16.3 Å². The smallest absolute Gasteiger partial charge is 0.329 e. The van der Waals surface area contributed by atoms with Crippen LogP contribution in [-0.2, 0) is 31.0 Å². The predicted molar refractivity (Wildman–Crippen MR) is 149 cm³/mol. The van der Waals surface area contributed by atoms with Crippen molar-refractivity contribution in [2.45, 2.75) is 83.4 Å². The number of likely N-dealkylation sites (tertiary alicyclic amines) is 1. The van der Waals surface area contributed by atoms with Gasteiger partial charge in [-0.1, -0.05) is 6.07 Å². The molecule has 2 aromatic rings. The molecule has 3 heterocycles. The zero-order chi connectivity index (χ0) is 28.8. The minimum absolute atomic E-state index is 0.0656. The number of imidazole rings is 1. The molecule has 2 saturated heterocycles. The first-order valence-corrected chi connectivity index (χ1v) is 14.2. The molecule has 3 fully saturated rings. The van der Waals surface area contributed by atoms with Crippen molar-refractivity contribution in [1.29, 1.82) is 0 Å². The van der Waals surface area contributed by atoms with Gasteiger partial charge in [0.15, 0.2) is 0 Å². The summed E-state index contributed by atoms with van der Waals surface area (Å²) in [4.78, 5) is 64.9. The molecule has 40 heavy (non-hydrogen) atoms. The average Bonchev–Trinajstić information content (AvgIpc) is 3.48. The molecule has 216 valence electrons. The van der Waals surface area contributed by atoms with Gasteiger partial charge in [0.05, 0.1) is 22.6 Å². The monoisotopic (exact) mass is 553 g/mol. The Morgan fingerprint density at radius 3 is 2.40 bits per heavy atom. The quantitative estimate of drug-likeness (QED) is 0.430. The molecule has 0 spiro atoms. The van der Waals surface area contributed by atoms with Crippen molar-refractivity contribution < 1.29 is 23.9 Å². The molecule has 2 aliphatic heterocycles. The van der Waals surface area contributed by atoms with Crippen LogP contribution in [0.1, 0.15) is 71.8 Å². The second kappa shape index (κ2) is 10.7. The first-order chi connectivity index (χ1) is 18.9. The van der Waals surface area contributed by atoms with Crippen molar-refractivity contribution in [2.24, 2.45) is 18.9 Å². The molecule has 1 aliphatic carbocycles. The van der Waals surface area contributed by atoms with Gasteiger partial charge in [-0.15, -0.1) is 0 Å². The maximum absolute atomic E-state index is 13.2. The van der Waals surface area contributed by atoms with E-state index in [-0.39, 0.29) is 54.2 Å². The second-order valence-corrected chi connectivity index (χ2v) is 12.3. The summed E-state index contributed by atoms with van der Waals surface area (Å²) in [6.07, 6.45) is 4.22. The van der Waals surface area contributed by atoms with E-state index in [0.29, 0.717) is 30.5 Å². The number of hydrogen-bond donors (Lipinski definition) is 2. The summed E-state index contributed by atoms with van der Waals surface area (Å²) in [6, 6.07) is 5.01. The lowest BCUT2D eigenvalue weighted by atomic mass is 9.85. The lowest BCUT2D eigenvalue weighted by Gasteiger charge is -2.31. The normalized spacial score (nSPS) is 25.6. The number of amides is 3. The van der Waals surface area contributed by atoms with Crippen molar-refractivity contribution in [2.75, 3.05) is 18.4 Å². The molecule has 2 N–H and O–H groups in total. The van der Waals surface area contributed by atoms with Crippen LogP contribution in [0.5, 0.6) is 0 Å². The third kappa shape index (κ3) is 5.51. The van der Waals surface area contributed by atoms with Crippen LogP contribution in [0.25, 0.3) is 11.0 Å². The van der Waals surface area contributed by atoms with Crippen LogP contribution in [-0.4, -0.2) is 62.5 Å². The highest BCUT2D eigenvalue weighted by Gasteiger charge is 2.37. The van der Waals surface area contributed by atoms with Gasteiger partial charge in [-0.2, -0.15) is 0 Å². The Bertz CT molecular complexity index is 1390. The van der Waals surface area contributed by atoms with E-state index in [1.165, 1.54) is 4.57 Å². The number of nitrogens with zero attached hydrogens (tertiary/aromatic N) is 3. The maximum atomic E-state index is 13.2. The number of nitrogens with one attached hydrogen (secondary N) is 2. The van der Waals surface area contributed by atoms with E-state index in [9.17, 15) is 24.0 Å². The number of benzene rings is 1. The summed E-state index contributed by atoms with van der Waals surface area (Å²) in [7, 11) is 1.69. The molecule has 11 heteroatoms. The number of piperidine rings is 1. The second-order valence-electron chi connectivity index (χ2n) is 12.3. The molecule has 1 unspecified atom stereocenters. The van der Waals surface area contributed by atoms with Gasteiger partial charge in [-0.25, -0.2) is 4.79 Å². The average molecular weight is 554 g/mol. The number of rotatable bonds is 5. The van der Waals surface area contributed by atoms with Gasteiger partial charge in [0.25, 0.3) is 0 Å². The fourth-order valence-electron chi connectivity index (χ4n) is 6.29. The molecule has 1 aromatic heterocycles. The fourth-order valence-corrected chi connectivity index (χ4v) is 6.29. The van der Waals surface area contributed by atoms with Gasteiger partial charge in [0, 0.05) is 38.5 Å². The van der Waals surface area contributed by atoms with Crippen molar-refractivity contribution >= 4 is 40.4 Å². The molecular weight excluding hydrogens is 514 g/mol. The number of aryl methyl sites for hydroxylation is 1. The number of hydrogen-bond acceptors (Lipinski definition) is 7. The van der Waals surface area contributed by atoms with Crippen molar-refractivity contribution in [3.05, 3.63) is 28.7 Å². The van der Waals surface area contributed by atoms with Gasteiger partial charge in [-0.3, -0.25) is 33.6 Å². The van der Waals surface area contributed by atoms with Gasteiger partial charge < -0.3 is 15.0 Å². The third-order valence-corrected chi connectivity index (χ3v) is 8.30. The van der Waals surface area contributed by atoms with Gasteiger partial charge in [0.2, 0.25) is 17.7 Å². The van der Waals surface area contributed by atoms with Gasteiger partial charge >= 0.3 is 11.7 Å². The molecular formula is C29H39N5O6. The molecule has 0 bridgehead atoms. The van der Waals surface area contributed by atoms with E-state index >= 15 is 0 Å². The first-order valence-electron chi connectivity index (χ1n) is 14.2. The summed E-state index contributed by atoms with van der Waals surface area (Å²) < 4.78 is 8.55. The van der Waals surface area contributed by atoms with Crippen molar-refractivity contribution in [3.8, 4) is 0 Å². The minimum atomic E-state index is -0.730. The van der Waals surface area contributed by atoms with Crippen molar-refractivity contribution in [3.63, 3.8) is 0 Å². The number of carbonyl (C=O) groups is 4. The number of carbonyl (C=O) groups excluding carboxylic acids is 4. The third-order valence-electron chi connectivity index (χ3n) is 8.30. The van der Waals surface area contributed by atoms with E-state index in [1.54, 1.807) is 11.6 Å². The molecule has 1 aromatic carbocycles. The number of fused-ring (bicyclic) bond motifs is 1. The predicted octanol–water partition coefficient (Wildman–Crippen LogP) is 2.48. The highest BCUT2D eigenvalue weighted by Crippen LogP contribution is 2.33. The van der Waals surface area contributed by atoms with E-state index in [2.05, 4.69) is 10.6 Å². The highest BCUT2D eigenvalue weighted by molar-refractivity contribution is 6.00.